The number of nitrogens with zero attached hydrogens (tertiary/aromatic N) is 3. The van der Waals surface area contributed by atoms with Crippen LogP contribution in [0.4, 0.5) is 0 Å². The molecule has 4 nitrogen and oxygen atoms in total. The molecule has 1 aromatic rings. The van der Waals surface area contributed by atoms with Crippen molar-refractivity contribution in [3.8, 4) is 6.07 Å². The maximum Gasteiger partial charge on any atom is 0.229 e. The lowest BCUT2D eigenvalue weighted by Crippen LogP contribution is -2.41. The molecule has 1 aromatic heterocycles. The third kappa shape index (κ3) is 1.79. The minimum Gasteiger partial charge on any atom is -0.335 e. The summed E-state index contributed by atoms with van der Waals surface area (Å²) in [5.41, 5.74) is 3.28. The Labute approximate surface area is 142 Å². The Morgan fingerprint density at radius 2 is 2.12 bits per heavy atom. The van der Waals surface area contributed by atoms with Gasteiger partial charge in [0, 0.05) is 24.4 Å². The Bertz CT molecular complexity index is 770. The molecular formula is C20H23N3O. The van der Waals surface area contributed by atoms with Crippen molar-refractivity contribution in [1.82, 2.24) is 9.88 Å². The molecule has 3 aliphatic carbocycles. The van der Waals surface area contributed by atoms with Crippen LogP contribution in [0.2, 0.25) is 0 Å². The van der Waals surface area contributed by atoms with Gasteiger partial charge in [0.25, 0.3) is 0 Å². The summed E-state index contributed by atoms with van der Waals surface area (Å²) in [5.74, 6) is 0.901. The van der Waals surface area contributed by atoms with Gasteiger partial charge in [0.05, 0.1) is 11.6 Å². The van der Waals surface area contributed by atoms with Gasteiger partial charge in [0.2, 0.25) is 5.91 Å². The highest BCUT2D eigenvalue weighted by molar-refractivity contribution is 5.84. The average molecular weight is 321 g/mol. The van der Waals surface area contributed by atoms with Crippen molar-refractivity contribution in [3.63, 3.8) is 0 Å². The highest BCUT2D eigenvalue weighted by Gasteiger charge is 2.58. The molecule has 0 aromatic carbocycles. The van der Waals surface area contributed by atoms with Crippen LogP contribution in [0.15, 0.2) is 12.4 Å². The lowest BCUT2D eigenvalue weighted by molar-refractivity contribution is -0.142. The smallest absolute Gasteiger partial charge is 0.229 e. The SMILES string of the molecule is CC12CCC(C(=O)N3C[C@H]4Cc5c(C#N)cncc5[C@@H]3C4)(CC1)C2. The Morgan fingerprint density at radius 1 is 1.33 bits per heavy atom. The van der Waals surface area contributed by atoms with Crippen molar-refractivity contribution < 1.29 is 4.79 Å². The molecule has 24 heavy (non-hydrogen) atoms. The summed E-state index contributed by atoms with van der Waals surface area (Å²) in [6.07, 6.45) is 11.2. The van der Waals surface area contributed by atoms with Crippen molar-refractivity contribution in [3.05, 3.63) is 29.1 Å². The van der Waals surface area contributed by atoms with Crippen LogP contribution in [0.25, 0.3) is 0 Å². The predicted molar refractivity (Wildman–Crippen MR) is 88.8 cm³/mol. The van der Waals surface area contributed by atoms with Gasteiger partial charge in [-0.25, -0.2) is 0 Å². The second-order valence-corrected chi connectivity index (χ2v) is 8.91. The van der Waals surface area contributed by atoms with E-state index in [1.54, 1.807) is 6.20 Å². The summed E-state index contributed by atoms with van der Waals surface area (Å²) >= 11 is 0. The quantitative estimate of drug-likeness (QED) is 0.797. The number of hydrogen-bond donors (Lipinski definition) is 0. The van der Waals surface area contributed by atoms with E-state index in [1.165, 1.54) is 12.8 Å². The zero-order valence-corrected chi connectivity index (χ0v) is 14.2. The lowest BCUT2D eigenvalue weighted by atomic mass is 9.81. The highest BCUT2D eigenvalue weighted by atomic mass is 16.2. The van der Waals surface area contributed by atoms with Crippen LogP contribution < -0.4 is 0 Å². The largest absolute Gasteiger partial charge is 0.335 e. The van der Waals surface area contributed by atoms with Crippen LogP contribution in [0.3, 0.4) is 0 Å². The van der Waals surface area contributed by atoms with Gasteiger partial charge < -0.3 is 4.90 Å². The second kappa shape index (κ2) is 4.59. The van der Waals surface area contributed by atoms with Crippen molar-refractivity contribution in [2.24, 2.45) is 16.7 Å². The molecule has 2 heterocycles. The Morgan fingerprint density at radius 3 is 2.79 bits per heavy atom. The van der Waals surface area contributed by atoms with E-state index < -0.39 is 0 Å². The molecule has 0 unspecified atom stereocenters. The van der Waals surface area contributed by atoms with Gasteiger partial charge in [0.15, 0.2) is 0 Å². The van der Waals surface area contributed by atoms with E-state index in [1.807, 2.05) is 6.20 Å². The van der Waals surface area contributed by atoms with Crippen LogP contribution in [0, 0.1) is 28.1 Å². The first-order chi connectivity index (χ1) is 11.5. The van der Waals surface area contributed by atoms with E-state index in [-0.39, 0.29) is 11.5 Å². The molecule has 1 saturated heterocycles. The third-order valence-corrected chi connectivity index (χ3v) is 7.34. The summed E-state index contributed by atoms with van der Waals surface area (Å²) in [4.78, 5) is 20.0. The molecule has 0 radical (unpaired) electrons. The monoisotopic (exact) mass is 321 g/mol. The van der Waals surface area contributed by atoms with Gasteiger partial charge in [-0.2, -0.15) is 5.26 Å². The van der Waals surface area contributed by atoms with Crippen LogP contribution in [0.1, 0.15) is 68.2 Å². The van der Waals surface area contributed by atoms with Gasteiger partial charge >= 0.3 is 0 Å². The van der Waals surface area contributed by atoms with E-state index in [9.17, 15) is 10.1 Å². The highest BCUT2D eigenvalue weighted by Crippen LogP contribution is 2.62. The maximum absolute atomic E-state index is 13.5. The van der Waals surface area contributed by atoms with Crippen molar-refractivity contribution >= 4 is 5.91 Å². The fourth-order valence-electron chi connectivity index (χ4n) is 6.09. The number of likely N-dealkylation sites (tertiary alicyclic amines) is 1. The first-order valence-electron chi connectivity index (χ1n) is 9.22. The molecule has 124 valence electrons. The minimum absolute atomic E-state index is 0.0906. The molecule has 3 fully saturated rings. The summed E-state index contributed by atoms with van der Waals surface area (Å²) in [7, 11) is 0. The van der Waals surface area contributed by atoms with Crippen LogP contribution >= 0.6 is 0 Å². The summed E-state index contributed by atoms with van der Waals surface area (Å²) < 4.78 is 0. The molecule has 2 saturated carbocycles. The molecular weight excluding hydrogens is 298 g/mol. The fraction of sp³-hybridized carbons (Fsp3) is 0.650. The number of rotatable bonds is 1. The van der Waals surface area contributed by atoms with Crippen molar-refractivity contribution in [2.45, 2.75) is 57.9 Å². The summed E-state index contributed by atoms with van der Waals surface area (Å²) in [6, 6.07) is 2.43. The van der Waals surface area contributed by atoms with Gasteiger partial charge in [-0.1, -0.05) is 6.92 Å². The molecule has 0 N–H and O–H groups in total. The van der Waals surface area contributed by atoms with Gasteiger partial charge in [-0.05, 0) is 67.4 Å². The zero-order chi connectivity index (χ0) is 16.5. The Kier molecular flexibility index (Phi) is 2.77. The third-order valence-electron chi connectivity index (χ3n) is 7.34. The molecule has 4 heteroatoms. The fourth-order valence-corrected chi connectivity index (χ4v) is 6.09. The second-order valence-electron chi connectivity index (χ2n) is 8.91. The molecule has 1 aliphatic heterocycles. The Hall–Kier alpha value is -1.89. The number of aromatic nitrogens is 1. The topological polar surface area (TPSA) is 57.0 Å². The number of hydrogen-bond acceptors (Lipinski definition) is 3. The Balaban J connectivity index is 1.51. The van der Waals surface area contributed by atoms with Crippen LogP contribution in [-0.4, -0.2) is 22.3 Å². The van der Waals surface area contributed by atoms with Crippen molar-refractivity contribution in [2.75, 3.05) is 6.54 Å². The van der Waals surface area contributed by atoms with Crippen LogP contribution in [0.5, 0.6) is 0 Å². The first kappa shape index (κ1) is 14.5. The summed E-state index contributed by atoms with van der Waals surface area (Å²) in [6.45, 7) is 3.22. The van der Waals surface area contributed by atoms with Gasteiger partial charge in [0.1, 0.15) is 6.07 Å². The lowest BCUT2D eigenvalue weighted by Gasteiger charge is -2.34. The van der Waals surface area contributed by atoms with E-state index in [2.05, 4.69) is 22.9 Å². The number of carbonyl (C=O) groups excluding carboxylic acids is 1. The van der Waals surface area contributed by atoms with Crippen molar-refractivity contribution in [1.29, 1.82) is 5.26 Å². The number of carbonyl (C=O) groups is 1. The zero-order valence-electron chi connectivity index (χ0n) is 14.2. The number of nitriles is 1. The molecule has 2 atom stereocenters. The van der Waals surface area contributed by atoms with E-state index in [0.29, 0.717) is 22.8 Å². The predicted octanol–water partition coefficient (Wildman–Crippen LogP) is 3.37. The molecule has 5 rings (SSSR count). The van der Waals surface area contributed by atoms with E-state index in [4.69, 9.17) is 0 Å². The number of amides is 1. The van der Waals surface area contributed by atoms with Gasteiger partial charge in [-0.15, -0.1) is 0 Å². The number of pyridine rings is 1. The molecule has 0 spiro atoms. The molecule has 4 aliphatic rings. The average Bonchev–Trinajstić information content (AvgIpc) is 3.23. The number of fused-ring (bicyclic) bond motifs is 6. The van der Waals surface area contributed by atoms with E-state index in [0.717, 1.165) is 49.8 Å². The maximum atomic E-state index is 13.5. The minimum atomic E-state index is -0.0906. The molecule has 1 amide bonds. The standard InChI is InChI=1S/C20H23N3O/c1-19-2-4-20(12-19,5-3-19)18(24)23-11-13-6-15-14(8-21)9-22-10-16(15)17(23)7-13/h9-10,13,17H,2-7,11-12H2,1H3/t13-,17-,19?,20?/m0/s1. The van der Waals surface area contributed by atoms with Gasteiger partial charge in [-0.3, -0.25) is 9.78 Å². The molecule has 4 bridgehead atoms. The normalized spacial score (nSPS) is 38.9. The summed E-state index contributed by atoms with van der Waals surface area (Å²) in [5, 5.41) is 9.38. The van der Waals surface area contributed by atoms with Crippen LogP contribution in [-0.2, 0) is 11.2 Å². The van der Waals surface area contributed by atoms with E-state index >= 15 is 0 Å². The first-order valence-corrected chi connectivity index (χ1v) is 9.22.